The summed E-state index contributed by atoms with van der Waals surface area (Å²) in [6.07, 6.45) is 0.254. The molecule has 1 aromatic heterocycles. The summed E-state index contributed by atoms with van der Waals surface area (Å²) in [5.41, 5.74) is 7.15. The summed E-state index contributed by atoms with van der Waals surface area (Å²) in [6.45, 7) is 2.10. The molecule has 0 aliphatic carbocycles. The van der Waals surface area contributed by atoms with Crippen molar-refractivity contribution in [3.63, 3.8) is 0 Å². The van der Waals surface area contributed by atoms with Gasteiger partial charge in [0, 0.05) is 20.4 Å². The molecule has 0 aliphatic rings. The molecule has 100 valence electrons. The highest BCUT2D eigenvalue weighted by atomic mass is 79.9. The van der Waals surface area contributed by atoms with Gasteiger partial charge in [-0.25, -0.2) is 0 Å². The number of primary amides is 1. The molecule has 1 heterocycles. The average Bonchev–Trinajstić information content (AvgIpc) is 2.78. The zero-order valence-corrected chi connectivity index (χ0v) is 12.9. The van der Waals surface area contributed by atoms with Crippen LogP contribution >= 0.6 is 27.3 Å². The number of nitrogens with two attached hydrogens (primary N) is 1. The number of hydrogen-bond acceptors (Lipinski definition) is 3. The summed E-state index contributed by atoms with van der Waals surface area (Å²) in [4.78, 5) is 12.3. The fourth-order valence-electron chi connectivity index (χ4n) is 1.86. The molecule has 1 amide bonds. The van der Waals surface area contributed by atoms with Crippen molar-refractivity contribution in [3.05, 3.63) is 50.6 Å². The quantitative estimate of drug-likeness (QED) is 0.872. The van der Waals surface area contributed by atoms with E-state index in [1.54, 1.807) is 11.3 Å². The molecule has 2 rings (SSSR count). The molecule has 3 N–H and O–H groups in total. The van der Waals surface area contributed by atoms with Crippen molar-refractivity contribution in [2.24, 2.45) is 5.73 Å². The molecule has 1 aromatic carbocycles. The van der Waals surface area contributed by atoms with E-state index in [4.69, 9.17) is 5.73 Å². The highest BCUT2D eigenvalue weighted by Crippen LogP contribution is 2.29. The lowest BCUT2D eigenvalue weighted by Crippen LogP contribution is -2.15. The van der Waals surface area contributed by atoms with Gasteiger partial charge < -0.3 is 11.1 Å². The third-order valence-corrected chi connectivity index (χ3v) is 4.64. The van der Waals surface area contributed by atoms with Gasteiger partial charge in [0.1, 0.15) is 0 Å². The number of hydrogen-bond donors (Lipinski definition) is 2. The molecule has 1 atom stereocenters. The van der Waals surface area contributed by atoms with Crippen LogP contribution in [0.25, 0.3) is 0 Å². The normalized spacial score (nSPS) is 12.1. The lowest BCUT2D eigenvalue weighted by molar-refractivity contribution is -0.117. The van der Waals surface area contributed by atoms with Gasteiger partial charge in [0.05, 0.1) is 12.5 Å². The maximum absolute atomic E-state index is 11.1. The first-order chi connectivity index (χ1) is 9.06. The Balaban J connectivity index is 2.16. The number of amides is 1. The van der Waals surface area contributed by atoms with E-state index in [0.29, 0.717) is 0 Å². The van der Waals surface area contributed by atoms with E-state index >= 15 is 0 Å². The van der Waals surface area contributed by atoms with E-state index in [2.05, 4.69) is 39.6 Å². The number of benzene rings is 1. The standard InChI is InChI=1S/C14H15BrN2OS/c1-9(13-7-11(15)8-19-13)17-12-5-3-2-4-10(12)6-14(16)18/h2-5,7-9,17H,6H2,1H3,(H2,16,18). The van der Waals surface area contributed by atoms with Crippen LogP contribution in [-0.2, 0) is 11.2 Å². The molecular weight excluding hydrogens is 324 g/mol. The third-order valence-electron chi connectivity index (χ3n) is 2.77. The van der Waals surface area contributed by atoms with Crippen LogP contribution in [0, 0.1) is 0 Å². The second-order valence-electron chi connectivity index (χ2n) is 4.33. The number of carbonyl (C=O) groups is 1. The molecule has 0 fully saturated rings. The van der Waals surface area contributed by atoms with E-state index in [9.17, 15) is 4.79 Å². The van der Waals surface area contributed by atoms with Gasteiger partial charge in [0.15, 0.2) is 0 Å². The fraction of sp³-hybridized carbons (Fsp3) is 0.214. The average molecular weight is 339 g/mol. The third kappa shape index (κ3) is 3.81. The minimum Gasteiger partial charge on any atom is -0.377 e. The predicted octanol–water partition coefficient (Wildman–Crippen LogP) is 3.71. The number of nitrogens with one attached hydrogen (secondary N) is 1. The Morgan fingerprint density at radius 1 is 1.47 bits per heavy atom. The molecule has 3 nitrogen and oxygen atoms in total. The van der Waals surface area contributed by atoms with Crippen molar-refractivity contribution >= 4 is 38.9 Å². The Morgan fingerprint density at radius 2 is 2.21 bits per heavy atom. The van der Waals surface area contributed by atoms with Gasteiger partial charge in [-0.05, 0) is 40.5 Å². The first kappa shape index (κ1) is 14.1. The van der Waals surface area contributed by atoms with Gasteiger partial charge in [0.2, 0.25) is 5.91 Å². The molecule has 1 unspecified atom stereocenters. The number of anilines is 1. The molecule has 0 saturated heterocycles. The van der Waals surface area contributed by atoms with E-state index < -0.39 is 0 Å². The van der Waals surface area contributed by atoms with Gasteiger partial charge in [-0.15, -0.1) is 11.3 Å². The van der Waals surface area contributed by atoms with Crippen LogP contribution < -0.4 is 11.1 Å². The highest BCUT2D eigenvalue weighted by molar-refractivity contribution is 9.10. The summed E-state index contributed by atoms with van der Waals surface area (Å²) in [5.74, 6) is -0.319. The Labute approximate surface area is 125 Å². The van der Waals surface area contributed by atoms with Crippen molar-refractivity contribution in [3.8, 4) is 0 Å². The molecule has 5 heteroatoms. The number of carbonyl (C=O) groups excluding carboxylic acids is 1. The van der Waals surface area contributed by atoms with Gasteiger partial charge in [-0.2, -0.15) is 0 Å². The minimum absolute atomic E-state index is 0.185. The minimum atomic E-state index is -0.319. The first-order valence-electron chi connectivity index (χ1n) is 5.93. The Bertz CT molecular complexity index is 582. The van der Waals surface area contributed by atoms with Crippen molar-refractivity contribution in [2.45, 2.75) is 19.4 Å². The van der Waals surface area contributed by atoms with Gasteiger partial charge in [0.25, 0.3) is 0 Å². The van der Waals surface area contributed by atoms with Crippen LogP contribution in [0.4, 0.5) is 5.69 Å². The zero-order valence-electron chi connectivity index (χ0n) is 10.5. The first-order valence-corrected chi connectivity index (χ1v) is 7.60. The largest absolute Gasteiger partial charge is 0.377 e. The van der Waals surface area contributed by atoms with Crippen LogP contribution in [0.5, 0.6) is 0 Å². The van der Waals surface area contributed by atoms with Crippen LogP contribution in [0.15, 0.2) is 40.2 Å². The molecule has 19 heavy (non-hydrogen) atoms. The van der Waals surface area contributed by atoms with E-state index in [1.165, 1.54) is 4.88 Å². The van der Waals surface area contributed by atoms with Crippen molar-refractivity contribution < 1.29 is 4.79 Å². The van der Waals surface area contributed by atoms with Crippen LogP contribution in [0.1, 0.15) is 23.4 Å². The Morgan fingerprint density at radius 3 is 2.84 bits per heavy atom. The van der Waals surface area contributed by atoms with Crippen molar-refractivity contribution in [1.29, 1.82) is 0 Å². The molecule has 2 aromatic rings. The second-order valence-corrected chi connectivity index (χ2v) is 6.19. The highest BCUT2D eigenvalue weighted by Gasteiger charge is 2.11. The molecular formula is C14H15BrN2OS. The van der Waals surface area contributed by atoms with E-state index in [-0.39, 0.29) is 18.4 Å². The summed E-state index contributed by atoms with van der Waals surface area (Å²) < 4.78 is 1.09. The predicted molar refractivity (Wildman–Crippen MR) is 83.4 cm³/mol. The maximum atomic E-state index is 11.1. The van der Waals surface area contributed by atoms with Crippen LogP contribution in [0.2, 0.25) is 0 Å². The smallest absolute Gasteiger partial charge is 0.221 e. The number of rotatable bonds is 5. The summed E-state index contributed by atoms with van der Waals surface area (Å²) in [7, 11) is 0. The van der Waals surface area contributed by atoms with Crippen LogP contribution in [-0.4, -0.2) is 5.91 Å². The molecule has 0 radical (unpaired) electrons. The SMILES string of the molecule is CC(Nc1ccccc1CC(N)=O)c1cc(Br)cs1. The van der Waals surface area contributed by atoms with Crippen molar-refractivity contribution in [1.82, 2.24) is 0 Å². The topological polar surface area (TPSA) is 55.1 Å². The van der Waals surface area contributed by atoms with Gasteiger partial charge in [-0.3, -0.25) is 4.79 Å². The van der Waals surface area contributed by atoms with E-state index in [0.717, 1.165) is 15.7 Å². The number of para-hydroxylation sites is 1. The van der Waals surface area contributed by atoms with Crippen molar-refractivity contribution in [2.75, 3.05) is 5.32 Å². The maximum Gasteiger partial charge on any atom is 0.221 e. The Kier molecular flexibility index (Phi) is 4.61. The zero-order chi connectivity index (χ0) is 13.8. The van der Waals surface area contributed by atoms with Crippen LogP contribution in [0.3, 0.4) is 0 Å². The lowest BCUT2D eigenvalue weighted by Gasteiger charge is -2.16. The fourth-order valence-corrected chi connectivity index (χ4v) is 3.32. The summed E-state index contributed by atoms with van der Waals surface area (Å²) in [5, 5.41) is 5.49. The second kappa shape index (κ2) is 6.21. The molecule has 0 saturated carbocycles. The monoisotopic (exact) mass is 338 g/mol. The summed E-state index contributed by atoms with van der Waals surface area (Å²) in [6, 6.07) is 10.0. The summed E-state index contributed by atoms with van der Waals surface area (Å²) >= 11 is 5.15. The van der Waals surface area contributed by atoms with Gasteiger partial charge >= 0.3 is 0 Å². The van der Waals surface area contributed by atoms with Gasteiger partial charge in [-0.1, -0.05) is 18.2 Å². The number of halogens is 1. The lowest BCUT2D eigenvalue weighted by atomic mass is 10.1. The number of thiophene rings is 1. The molecule has 0 bridgehead atoms. The molecule has 0 spiro atoms. The van der Waals surface area contributed by atoms with E-state index in [1.807, 2.05) is 24.3 Å². The molecule has 0 aliphatic heterocycles. The Hall–Kier alpha value is -1.33.